The zero-order valence-electron chi connectivity index (χ0n) is 17.3. The van der Waals surface area contributed by atoms with Gasteiger partial charge in [0.25, 0.3) is 0 Å². The number of nitrogens with zero attached hydrogens (tertiary/aromatic N) is 1. The maximum absolute atomic E-state index is 11.7. The Morgan fingerprint density at radius 1 is 1.14 bits per heavy atom. The van der Waals surface area contributed by atoms with Crippen molar-refractivity contribution in [1.82, 2.24) is 16.0 Å². The zero-order valence-corrected chi connectivity index (χ0v) is 20.4. The van der Waals surface area contributed by atoms with Crippen molar-refractivity contribution in [2.75, 3.05) is 26.4 Å². The van der Waals surface area contributed by atoms with Crippen molar-refractivity contribution in [1.29, 1.82) is 0 Å². The first-order chi connectivity index (χ1) is 12.4. The Bertz CT molecular complexity index is 789. The molecule has 0 saturated heterocycles. The van der Waals surface area contributed by atoms with Crippen molar-refractivity contribution in [3.05, 3.63) is 29.3 Å². The van der Waals surface area contributed by atoms with Gasteiger partial charge in [0.15, 0.2) is 15.8 Å². The molecule has 1 aromatic rings. The Labute approximate surface area is 184 Å². The number of hydrogen-bond donors (Lipinski definition) is 3. The molecular formula is C18H31IN4O4S. The van der Waals surface area contributed by atoms with Crippen LogP contribution in [0.1, 0.15) is 31.9 Å². The predicted octanol–water partition coefficient (Wildman–Crippen LogP) is 2.21. The molecule has 160 valence electrons. The van der Waals surface area contributed by atoms with Crippen LogP contribution in [0.15, 0.2) is 28.1 Å². The van der Waals surface area contributed by atoms with Crippen LogP contribution in [-0.2, 0) is 21.1 Å². The number of halogens is 1. The van der Waals surface area contributed by atoms with Crippen LogP contribution in [-0.4, -0.2) is 52.5 Å². The molecule has 0 atom stereocenters. The van der Waals surface area contributed by atoms with Crippen LogP contribution in [0.3, 0.4) is 0 Å². The highest BCUT2D eigenvalue weighted by molar-refractivity contribution is 14.0. The minimum absolute atomic E-state index is 0. The second-order valence-corrected chi connectivity index (χ2v) is 9.14. The van der Waals surface area contributed by atoms with E-state index >= 15 is 0 Å². The van der Waals surface area contributed by atoms with Gasteiger partial charge in [0.1, 0.15) is 5.60 Å². The molecular weight excluding hydrogens is 495 g/mol. The summed E-state index contributed by atoms with van der Waals surface area (Å²) in [4.78, 5) is 16.0. The number of carbonyl (C=O) groups is 1. The third-order valence-electron chi connectivity index (χ3n) is 3.41. The number of hydrogen-bond acceptors (Lipinski definition) is 5. The molecule has 28 heavy (non-hydrogen) atoms. The number of alkyl carbamates (subject to hydrolysis) is 1. The number of sulfone groups is 1. The normalized spacial score (nSPS) is 12.0. The zero-order chi connectivity index (χ0) is 20.7. The van der Waals surface area contributed by atoms with E-state index in [9.17, 15) is 13.2 Å². The summed E-state index contributed by atoms with van der Waals surface area (Å²) in [5, 5.41) is 8.88. The van der Waals surface area contributed by atoms with Gasteiger partial charge >= 0.3 is 6.09 Å². The Morgan fingerprint density at radius 3 is 2.25 bits per heavy atom. The molecule has 10 heteroatoms. The van der Waals surface area contributed by atoms with Gasteiger partial charge in [0.2, 0.25) is 0 Å². The number of aliphatic imine (C=N–C) groups is 1. The maximum atomic E-state index is 11.7. The lowest BCUT2D eigenvalue weighted by Crippen LogP contribution is -2.42. The summed E-state index contributed by atoms with van der Waals surface area (Å²) in [5.74, 6) is 0.575. The number of carbonyl (C=O) groups excluding carboxylic acids is 1. The van der Waals surface area contributed by atoms with Crippen LogP contribution < -0.4 is 16.0 Å². The lowest BCUT2D eigenvalue weighted by atomic mass is 10.1. The molecule has 0 heterocycles. The van der Waals surface area contributed by atoms with E-state index in [1.54, 1.807) is 46.9 Å². The van der Waals surface area contributed by atoms with E-state index in [1.165, 1.54) is 6.26 Å². The van der Waals surface area contributed by atoms with E-state index in [0.29, 0.717) is 36.1 Å². The fraction of sp³-hybridized carbons (Fsp3) is 0.556. The Morgan fingerprint density at radius 2 is 1.75 bits per heavy atom. The second-order valence-electron chi connectivity index (χ2n) is 7.15. The summed E-state index contributed by atoms with van der Waals surface area (Å²) < 4.78 is 28.5. The molecule has 0 aromatic heterocycles. The number of guanidine groups is 1. The first-order valence-electron chi connectivity index (χ1n) is 8.63. The molecule has 0 aliphatic heterocycles. The summed E-state index contributed by atoms with van der Waals surface area (Å²) in [7, 11) is -1.57. The lowest BCUT2D eigenvalue weighted by Gasteiger charge is -2.20. The first kappa shape index (κ1) is 26.4. The highest BCUT2D eigenvalue weighted by Gasteiger charge is 2.15. The van der Waals surface area contributed by atoms with Crippen molar-refractivity contribution in [3.8, 4) is 0 Å². The standard InChI is InChI=1S/C18H30N4O4S.HI/c1-13-11-14(7-8-15(13)27(6,24)25)12-22-16(19-5)20-9-10-21-17(23)26-18(2,3)4;/h7-8,11H,9-10,12H2,1-6H3,(H,21,23)(H2,19,20,22);1H. The fourth-order valence-corrected chi connectivity index (χ4v) is 3.26. The van der Waals surface area contributed by atoms with Crippen LogP contribution in [0.5, 0.6) is 0 Å². The van der Waals surface area contributed by atoms with Crippen molar-refractivity contribution in [3.63, 3.8) is 0 Å². The number of amides is 1. The van der Waals surface area contributed by atoms with Crippen molar-refractivity contribution >= 4 is 45.9 Å². The van der Waals surface area contributed by atoms with Crippen LogP contribution >= 0.6 is 24.0 Å². The Hall–Kier alpha value is -1.56. The predicted molar refractivity (Wildman–Crippen MR) is 122 cm³/mol. The van der Waals surface area contributed by atoms with Gasteiger partial charge in [0, 0.05) is 32.9 Å². The number of nitrogens with one attached hydrogen (secondary N) is 3. The molecule has 0 aliphatic carbocycles. The highest BCUT2D eigenvalue weighted by atomic mass is 127. The number of aryl methyl sites for hydroxylation is 1. The van der Waals surface area contributed by atoms with Gasteiger partial charge < -0.3 is 20.7 Å². The van der Waals surface area contributed by atoms with Gasteiger partial charge in [0.05, 0.1) is 4.90 Å². The Kier molecular flexibility index (Phi) is 10.8. The third-order valence-corrected chi connectivity index (χ3v) is 4.67. The molecule has 1 amide bonds. The van der Waals surface area contributed by atoms with Gasteiger partial charge in [-0.15, -0.1) is 24.0 Å². The van der Waals surface area contributed by atoms with Gasteiger partial charge in [-0.2, -0.15) is 0 Å². The monoisotopic (exact) mass is 526 g/mol. The quantitative estimate of drug-likeness (QED) is 0.227. The van der Waals surface area contributed by atoms with Gasteiger partial charge in [-0.1, -0.05) is 12.1 Å². The fourth-order valence-electron chi connectivity index (χ4n) is 2.30. The SMILES string of the molecule is CN=C(NCCNC(=O)OC(C)(C)C)NCc1ccc(S(C)(=O)=O)c(C)c1.I. The molecule has 0 fully saturated rings. The molecule has 0 bridgehead atoms. The molecule has 0 spiro atoms. The summed E-state index contributed by atoms with van der Waals surface area (Å²) in [5.41, 5.74) is 1.12. The minimum atomic E-state index is -3.22. The molecule has 8 nitrogen and oxygen atoms in total. The van der Waals surface area contributed by atoms with Crippen LogP contribution in [0.2, 0.25) is 0 Å². The van der Waals surface area contributed by atoms with Crippen molar-refractivity contribution in [2.45, 2.75) is 44.7 Å². The number of ether oxygens (including phenoxy) is 1. The third kappa shape index (κ3) is 10.1. The number of benzene rings is 1. The summed E-state index contributed by atoms with van der Waals surface area (Å²) in [6, 6.07) is 5.22. The molecule has 0 unspecified atom stereocenters. The summed E-state index contributed by atoms with van der Waals surface area (Å²) >= 11 is 0. The van der Waals surface area contributed by atoms with E-state index in [4.69, 9.17) is 4.74 Å². The van der Waals surface area contributed by atoms with E-state index in [0.717, 1.165) is 5.56 Å². The van der Waals surface area contributed by atoms with Crippen molar-refractivity contribution in [2.24, 2.45) is 4.99 Å². The maximum Gasteiger partial charge on any atom is 0.407 e. The smallest absolute Gasteiger partial charge is 0.407 e. The van der Waals surface area contributed by atoms with Crippen molar-refractivity contribution < 1.29 is 17.9 Å². The summed E-state index contributed by atoms with van der Waals surface area (Å²) in [6.45, 7) is 8.55. The number of rotatable bonds is 6. The van der Waals surface area contributed by atoms with Gasteiger partial charge in [-0.05, 0) is 44.9 Å². The molecule has 3 N–H and O–H groups in total. The topological polar surface area (TPSA) is 109 Å². The second kappa shape index (κ2) is 11.4. The molecule has 1 aromatic carbocycles. The van der Waals surface area contributed by atoms with Crippen LogP contribution in [0.25, 0.3) is 0 Å². The molecule has 0 radical (unpaired) electrons. The van der Waals surface area contributed by atoms with Gasteiger partial charge in [-0.3, -0.25) is 4.99 Å². The van der Waals surface area contributed by atoms with Crippen LogP contribution in [0, 0.1) is 6.92 Å². The average Bonchev–Trinajstić information content (AvgIpc) is 2.51. The molecule has 0 saturated carbocycles. The average molecular weight is 526 g/mol. The molecule has 0 aliphatic rings. The Balaban J connectivity index is 0.00000729. The van der Waals surface area contributed by atoms with Crippen LogP contribution in [0.4, 0.5) is 4.79 Å². The largest absolute Gasteiger partial charge is 0.444 e. The van der Waals surface area contributed by atoms with E-state index in [2.05, 4.69) is 20.9 Å². The van der Waals surface area contributed by atoms with E-state index < -0.39 is 21.5 Å². The van der Waals surface area contributed by atoms with E-state index in [1.807, 2.05) is 6.07 Å². The van der Waals surface area contributed by atoms with Gasteiger partial charge in [-0.25, -0.2) is 13.2 Å². The highest BCUT2D eigenvalue weighted by Crippen LogP contribution is 2.16. The molecule has 1 rings (SSSR count). The minimum Gasteiger partial charge on any atom is -0.444 e. The lowest BCUT2D eigenvalue weighted by molar-refractivity contribution is 0.0529. The first-order valence-corrected chi connectivity index (χ1v) is 10.5. The summed E-state index contributed by atoms with van der Waals surface area (Å²) in [6.07, 6.45) is 0.735. The van der Waals surface area contributed by atoms with E-state index in [-0.39, 0.29) is 24.0 Å².